The molecule has 0 aliphatic carbocycles. The summed E-state index contributed by atoms with van der Waals surface area (Å²) in [5.41, 5.74) is 0.825. The molecule has 0 radical (unpaired) electrons. The molecule has 0 spiro atoms. The molecule has 5 heteroatoms. The van der Waals surface area contributed by atoms with Gasteiger partial charge in [0, 0.05) is 17.0 Å². The maximum atomic E-state index is 12.8. The lowest BCUT2D eigenvalue weighted by molar-refractivity contribution is 0.489. The number of halogens is 2. The summed E-state index contributed by atoms with van der Waals surface area (Å²) in [5, 5.41) is 3.41. The number of rotatable bonds is 4. The molecule has 18 heavy (non-hydrogen) atoms. The van der Waals surface area contributed by atoms with E-state index in [2.05, 4.69) is 17.2 Å². The van der Waals surface area contributed by atoms with Crippen LogP contribution in [-0.4, -0.2) is 4.98 Å². The van der Waals surface area contributed by atoms with Crippen molar-refractivity contribution in [3.63, 3.8) is 0 Å². The van der Waals surface area contributed by atoms with Crippen LogP contribution in [0.2, 0.25) is 4.34 Å². The van der Waals surface area contributed by atoms with Crippen molar-refractivity contribution in [1.82, 2.24) is 10.3 Å². The molecule has 2 unspecified atom stereocenters. The van der Waals surface area contributed by atoms with Gasteiger partial charge in [-0.25, -0.2) is 4.39 Å². The monoisotopic (exact) mass is 284 g/mol. The highest BCUT2D eigenvalue weighted by Gasteiger charge is 2.13. The van der Waals surface area contributed by atoms with Gasteiger partial charge in [-0.3, -0.25) is 4.98 Å². The Morgan fingerprint density at radius 3 is 2.56 bits per heavy atom. The summed E-state index contributed by atoms with van der Waals surface area (Å²) in [6.07, 6.45) is 1.24. The Labute approximate surface area is 115 Å². The molecule has 2 aromatic rings. The Kier molecular flexibility index (Phi) is 4.32. The number of hydrogen-bond donors (Lipinski definition) is 1. The first-order valence-corrected chi connectivity index (χ1v) is 6.88. The Bertz CT molecular complexity index is 512. The molecule has 0 fully saturated rings. The molecule has 0 amide bonds. The Morgan fingerprint density at radius 1 is 1.22 bits per heavy atom. The first-order chi connectivity index (χ1) is 8.56. The van der Waals surface area contributed by atoms with E-state index in [1.54, 1.807) is 17.4 Å². The molecule has 2 aromatic heterocycles. The number of nitrogens with one attached hydrogen (secondary N) is 1. The van der Waals surface area contributed by atoms with Crippen molar-refractivity contribution in [2.45, 2.75) is 25.9 Å². The standard InChI is InChI=1S/C13H14ClFN2S/c1-8(11-4-3-10(15)7-16-11)17-9(2)12-5-6-13(14)18-12/h3-9,17H,1-2H3. The Morgan fingerprint density at radius 2 is 2.00 bits per heavy atom. The van der Waals surface area contributed by atoms with Crippen molar-refractivity contribution in [2.24, 2.45) is 0 Å². The van der Waals surface area contributed by atoms with E-state index in [4.69, 9.17) is 11.6 Å². The minimum atomic E-state index is -0.316. The van der Waals surface area contributed by atoms with Crippen LogP contribution in [0.1, 0.15) is 36.5 Å². The van der Waals surface area contributed by atoms with Crippen molar-refractivity contribution in [3.8, 4) is 0 Å². The van der Waals surface area contributed by atoms with Crippen molar-refractivity contribution < 1.29 is 4.39 Å². The highest BCUT2D eigenvalue weighted by molar-refractivity contribution is 7.16. The topological polar surface area (TPSA) is 24.9 Å². The molecule has 0 saturated heterocycles. The van der Waals surface area contributed by atoms with Crippen molar-refractivity contribution in [1.29, 1.82) is 0 Å². The largest absolute Gasteiger partial charge is 0.301 e. The second kappa shape index (κ2) is 5.78. The molecule has 0 saturated carbocycles. The minimum Gasteiger partial charge on any atom is -0.301 e. The fraction of sp³-hybridized carbons (Fsp3) is 0.308. The summed E-state index contributed by atoms with van der Waals surface area (Å²) in [4.78, 5) is 5.24. The zero-order valence-corrected chi connectivity index (χ0v) is 11.7. The molecule has 0 bridgehead atoms. The second-order valence-electron chi connectivity index (χ2n) is 4.15. The van der Waals surface area contributed by atoms with Gasteiger partial charge in [0.1, 0.15) is 5.82 Å². The lowest BCUT2D eigenvalue weighted by atomic mass is 10.1. The molecule has 2 nitrogen and oxygen atoms in total. The summed E-state index contributed by atoms with van der Waals surface area (Å²) in [6.45, 7) is 4.08. The van der Waals surface area contributed by atoms with Gasteiger partial charge in [0.2, 0.25) is 0 Å². The van der Waals surface area contributed by atoms with E-state index in [1.807, 2.05) is 19.1 Å². The number of aromatic nitrogens is 1. The van der Waals surface area contributed by atoms with Crippen LogP contribution in [-0.2, 0) is 0 Å². The van der Waals surface area contributed by atoms with Crippen LogP contribution in [0.15, 0.2) is 30.5 Å². The van der Waals surface area contributed by atoms with E-state index >= 15 is 0 Å². The van der Waals surface area contributed by atoms with Gasteiger partial charge in [-0.15, -0.1) is 11.3 Å². The molecule has 0 aliphatic rings. The SMILES string of the molecule is CC(NC(C)c1ccc(Cl)s1)c1ccc(F)cn1. The molecule has 2 heterocycles. The molecule has 2 rings (SSSR count). The van der Waals surface area contributed by atoms with E-state index in [0.717, 1.165) is 10.0 Å². The van der Waals surface area contributed by atoms with E-state index in [0.29, 0.717) is 0 Å². The van der Waals surface area contributed by atoms with Crippen LogP contribution in [0.5, 0.6) is 0 Å². The van der Waals surface area contributed by atoms with Crippen molar-refractivity contribution in [2.75, 3.05) is 0 Å². The Hall–Kier alpha value is -0.970. The molecule has 2 atom stereocenters. The number of hydrogen-bond acceptors (Lipinski definition) is 3. The van der Waals surface area contributed by atoms with Gasteiger partial charge in [-0.05, 0) is 38.1 Å². The van der Waals surface area contributed by atoms with Crippen LogP contribution >= 0.6 is 22.9 Å². The maximum Gasteiger partial charge on any atom is 0.141 e. The first-order valence-electron chi connectivity index (χ1n) is 5.69. The third-order valence-electron chi connectivity index (χ3n) is 2.71. The lowest BCUT2D eigenvalue weighted by Crippen LogP contribution is -2.22. The summed E-state index contributed by atoms with van der Waals surface area (Å²) >= 11 is 7.47. The van der Waals surface area contributed by atoms with Crippen molar-refractivity contribution >= 4 is 22.9 Å². The molecular weight excluding hydrogens is 271 g/mol. The quantitative estimate of drug-likeness (QED) is 0.903. The van der Waals surface area contributed by atoms with Crippen LogP contribution < -0.4 is 5.32 Å². The second-order valence-corrected chi connectivity index (χ2v) is 5.90. The average Bonchev–Trinajstić information content (AvgIpc) is 2.76. The van der Waals surface area contributed by atoms with Crippen LogP contribution in [0.25, 0.3) is 0 Å². The highest BCUT2D eigenvalue weighted by Crippen LogP contribution is 2.28. The van der Waals surface area contributed by atoms with Gasteiger partial charge >= 0.3 is 0 Å². The Balaban J connectivity index is 2.02. The lowest BCUT2D eigenvalue weighted by Gasteiger charge is -2.18. The van der Waals surface area contributed by atoms with Crippen LogP contribution in [0, 0.1) is 5.82 Å². The van der Waals surface area contributed by atoms with Gasteiger partial charge in [0.05, 0.1) is 16.2 Å². The van der Waals surface area contributed by atoms with Gasteiger partial charge < -0.3 is 5.32 Å². The summed E-state index contributed by atoms with van der Waals surface area (Å²) in [7, 11) is 0. The summed E-state index contributed by atoms with van der Waals surface area (Å²) in [6, 6.07) is 7.26. The van der Waals surface area contributed by atoms with E-state index in [-0.39, 0.29) is 17.9 Å². The van der Waals surface area contributed by atoms with Crippen LogP contribution in [0.4, 0.5) is 4.39 Å². The highest BCUT2D eigenvalue weighted by atomic mass is 35.5. The number of pyridine rings is 1. The fourth-order valence-corrected chi connectivity index (χ4v) is 2.82. The van der Waals surface area contributed by atoms with Crippen LogP contribution in [0.3, 0.4) is 0 Å². The third-order valence-corrected chi connectivity index (χ3v) is 4.13. The maximum absolute atomic E-state index is 12.8. The summed E-state index contributed by atoms with van der Waals surface area (Å²) < 4.78 is 13.6. The molecule has 96 valence electrons. The first kappa shape index (κ1) is 13.5. The fourth-order valence-electron chi connectivity index (χ4n) is 1.75. The minimum absolute atomic E-state index is 0.0569. The normalized spacial score (nSPS) is 14.4. The van der Waals surface area contributed by atoms with Crippen molar-refractivity contribution in [3.05, 3.63) is 51.2 Å². The van der Waals surface area contributed by atoms with E-state index in [1.165, 1.54) is 17.1 Å². The van der Waals surface area contributed by atoms with Gasteiger partial charge in [-0.2, -0.15) is 0 Å². The zero-order chi connectivity index (χ0) is 13.1. The molecule has 0 aliphatic heterocycles. The van der Waals surface area contributed by atoms with Gasteiger partial charge in [-0.1, -0.05) is 11.6 Å². The smallest absolute Gasteiger partial charge is 0.141 e. The molecule has 0 aromatic carbocycles. The van der Waals surface area contributed by atoms with E-state index in [9.17, 15) is 4.39 Å². The third kappa shape index (κ3) is 3.28. The average molecular weight is 285 g/mol. The molecule has 1 N–H and O–H groups in total. The summed E-state index contributed by atoms with van der Waals surface area (Å²) in [5.74, 6) is -0.316. The zero-order valence-electron chi connectivity index (χ0n) is 10.2. The number of thiophene rings is 1. The predicted octanol–water partition coefficient (Wildman–Crippen LogP) is 4.35. The van der Waals surface area contributed by atoms with E-state index < -0.39 is 0 Å². The predicted molar refractivity (Wildman–Crippen MR) is 73.5 cm³/mol. The van der Waals surface area contributed by atoms with Gasteiger partial charge in [0.25, 0.3) is 0 Å². The van der Waals surface area contributed by atoms with Gasteiger partial charge in [0.15, 0.2) is 0 Å². The molecular formula is C13H14ClFN2S. The number of nitrogens with zero attached hydrogens (tertiary/aromatic N) is 1.